The van der Waals surface area contributed by atoms with Crippen LogP contribution in [0, 0.1) is 0 Å². The van der Waals surface area contributed by atoms with E-state index in [1.807, 2.05) is 18.2 Å². The van der Waals surface area contributed by atoms with Crippen molar-refractivity contribution in [2.24, 2.45) is 0 Å². The maximum atomic E-state index is 12.4. The lowest BCUT2D eigenvalue weighted by atomic mass is 10.0. The van der Waals surface area contributed by atoms with Gasteiger partial charge in [0.05, 0.1) is 26.9 Å². The first-order valence-corrected chi connectivity index (χ1v) is 7.01. The average molecular weight is 312 g/mol. The molecule has 1 heterocycles. The van der Waals surface area contributed by atoms with Crippen molar-refractivity contribution < 1.29 is 18.6 Å². The first kappa shape index (κ1) is 15.0. The Labute approximate surface area is 133 Å². The first-order valence-electron chi connectivity index (χ1n) is 7.01. The van der Waals surface area contributed by atoms with Crippen molar-refractivity contribution in [1.29, 1.82) is 0 Å². The molecule has 0 aliphatic heterocycles. The minimum atomic E-state index is -0.436. The van der Waals surface area contributed by atoms with Gasteiger partial charge in [0, 0.05) is 17.0 Å². The van der Waals surface area contributed by atoms with Crippen LogP contribution in [0.2, 0.25) is 0 Å². The van der Waals surface area contributed by atoms with E-state index in [4.69, 9.17) is 18.6 Å². The average Bonchev–Trinajstić information content (AvgIpc) is 2.60. The van der Waals surface area contributed by atoms with E-state index < -0.39 is 5.63 Å². The van der Waals surface area contributed by atoms with Crippen molar-refractivity contribution in [2.75, 3.05) is 21.3 Å². The Kier molecular flexibility index (Phi) is 3.93. The summed E-state index contributed by atoms with van der Waals surface area (Å²) in [4.78, 5) is 12.4. The fourth-order valence-electron chi connectivity index (χ4n) is 2.50. The Morgan fingerprint density at radius 3 is 2.13 bits per heavy atom. The Morgan fingerprint density at radius 1 is 0.783 bits per heavy atom. The predicted octanol–water partition coefficient (Wildman–Crippen LogP) is 3.49. The molecule has 23 heavy (non-hydrogen) atoms. The largest absolute Gasteiger partial charge is 0.496 e. The third kappa shape index (κ3) is 2.61. The van der Waals surface area contributed by atoms with Gasteiger partial charge in [0.2, 0.25) is 0 Å². The monoisotopic (exact) mass is 312 g/mol. The van der Waals surface area contributed by atoms with Crippen LogP contribution in [0.4, 0.5) is 0 Å². The Bertz CT molecular complexity index is 911. The van der Waals surface area contributed by atoms with Crippen molar-refractivity contribution in [3.05, 3.63) is 52.9 Å². The number of ether oxygens (including phenoxy) is 3. The zero-order valence-electron chi connectivity index (χ0n) is 13.1. The molecular weight excluding hydrogens is 296 g/mol. The van der Waals surface area contributed by atoms with Gasteiger partial charge in [0.25, 0.3) is 0 Å². The predicted molar refractivity (Wildman–Crippen MR) is 87.6 cm³/mol. The summed E-state index contributed by atoms with van der Waals surface area (Å²) in [7, 11) is 4.66. The smallest absolute Gasteiger partial charge is 0.344 e. The molecule has 3 rings (SSSR count). The minimum absolute atomic E-state index is 0.433. The van der Waals surface area contributed by atoms with Gasteiger partial charge in [0.15, 0.2) is 11.5 Å². The van der Waals surface area contributed by atoms with Crippen LogP contribution in [0.3, 0.4) is 0 Å². The molecule has 0 bridgehead atoms. The van der Waals surface area contributed by atoms with Gasteiger partial charge in [0.1, 0.15) is 11.3 Å². The van der Waals surface area contributed by atoms with E-state index in [1.54, 1.807) is 38.5 Å². The third-order valence-electron chi connectivity index (χ3n) is 3.64. The van der Waals surface area contributed by atoms with E-state index in [0.717, 1.165) is 5.39 Å². The highest BCUT2D eigenvalue weighted by Gasteiger charge is 2.14. The fraction of sp³-hybridized carbons (Fsp3) is 0.167. The van der Waals surface area contributed by atoms with Gasteiger partial charge in [-0.1, -0.05) is 18.2 Å². The topological polar surface area (TPSA) is 57.9 Å². The van der Waals surface area contributed by atoms with Crippen LogP contribution < -0.4 is 19.8 Å². The highest BCUT2D eigenvalue weighted by molar-refractivity contribution is 5.85. The molecule has 0 fully saturated rings. The number of fused-ring (bicyclic) bond motifs is 1. The zero-order valence-corrected chi connectivity index (χ0v) is 13.1. The van der Waals surface area contributed by atoms with Gasteiger partial charge in [-0.05, 0) is 18.2 Å². The molecule has 1 aromatic heterocycles. The SMILES string of the molecule is COc1cc2cc(-c3ccccc3OC)c(=O)oc2cc1OC. The summed E-state index contributed by atoms with van der Waals surface area (Å²) < 4.78 is 21.3. The van der Waals surface area contributed by atoms with Gasteiger partial charge in [-0.3, -0.25) is 0 Å². The number of rotatable bonds is 4. The van der Waals surface area contributed by atoms with E-state index in [1.165, 1.54) is 7.11 Å². The van der Waals surface area contributed by atoms with E-state index in [0.29, 0.717) is 34.0 Å². The molecule has 0 spiro atoms. The number of benzene rings is 2. The first-order chi connectivity index (χ1) is 11.2. The molecule has 0 amide bonds. The van der Waals surface area contributed by atoms with Crippen LogP contribution in [-0.2, 0) is 0 Å². The minimum Gasteiger partial charge on any atom is -0.496 e. The molecule has 0 aliphatic carbocycles. The lowest BCUT2D eigenvalue weighted by molar-refractivity contribution is 0.355. The second-order valence-corrected chi connectivity index (χ2v) is 4.89. The molecule has 2 aromatic carbocycles. The quantitative estimate of drug-likeness (QED) is 0.690. The number of para-hydroxylation sites is 1. The van der Waals surface area contributed by atoms with Crippen LogP contribution in [-0.4, -0.2) is 21.3 Å². The van der Waals surface area contributed by atoms with Crippen molar-refractivity contribution in [3.63, 3.8) is 0 Å². The second-order valence-electron chi connectivity index (χ2n) is 4.89. The summed E-state index contributed by atoms with van der Waals surface area (Å²) in [5.41, 5.74) is 1.11. The van der Waals surface area contributed by atoms with Crippen LogP contribution in [0.25, 0.3) is 22.1 Å². The van der Waals surface area contributed by atoms with Crippen molar-refractivity contribution in [3.8, 4) is 28.4 Å². The van der Waals surface area contributed by atoms with E-state index in [-0.39, 0.29) is 0 Å². The summed E-state index contributed by atoms with van der Waals surface area (Å²) >= 11 is 0. The molecule has 0 atom stereocenters. The molecule has 5 nitrogen and oxygen atoms in total. The normalized spacial score (nSPS) is 10.6. The number of hydrogen-bond donors (Lipinski definition) is 0. The maximum absolute atomic E-state index is 12.4. The third-order valence-corrected chi connectivity index (χ3v) is 3.64. The van der Waals surface area contributed by atoms with Gasteiger partial charge in [-0.2, -0.15) is 0 Å². The second kappa shape index (κ2) is 6.04. The highest BCUT2D eigenvalue weighted by atomic mass is 16.5. The van der Waals surface area contributed by atoms with E-state index >= 15 is 0 Å². The summed E-state index contributed by atoms with van der Waals surface area (Å²) in [6.07, 6.45) is 0. The summed E-state index contributed by atoms with van der Waals surface area (Å²) in [6, 6.07) is 12.5. The molecule has 0 radical (unpaired) electrons. The summed E-state index contributed by atoms with van der Waals surface area (Å²) in [5, 5.41) is 0.739. The molecule has 0 saturated heterocycles. The van der Waals surface area contributed by atoms with Gasteiger partial charge in [-0.15, -0.1) is 0 Å². The van der Waals surface area contributed by atoms with Crippen molar-refractivity contribution in [2.45, 2.75) is 0 Å². The lowest BCUT2D eigenvalue weighted by Gasteiger charge is -2.10. The van der Waals surface area contributed by atoms with Crippen LogP contribution in [0.5, 0.6) is 17.2 Å². The van der Waals surface area contributed by atoms with E-state index in [9.17, 15) is 4.79 Å². The Hall–Kier alpha value is -2.95. The molecule has 0 N–H and O–H groups in total. The number of hydrogen-bond acceptors (Lipinski definition) is 5. The molecule has 0 saturated carbocycles. The molecule has 3 aromatic rings. The Balaban J connectivity index is 2.27. The number of methoxy groups -OCH3 is 3. The molecule has 118 valence electrons. The standard InChI is InChI=1S/C18H16O5/c1-20-14-7-5-4-6-12(14)13-8-11-9-16(21-2)17(22-3)10-15(11)23-18(13)19/h4-10H,1-3H3. The Morgan fingerprint density at radius 2 is 1.43 bits per heavy atom. The molecule has 5 heteroatoms. The molecular formula is C18H16O5. The fourth-order valence-corrected chi connectivity index (χ4v) is 2.50. The molecule has 0 aliphatic rings. The van der Waals surface area contributed by atoms with Crippen LogP contribution in [0.1, 0.15) is 0 Å². The summed E-state index contributed by atoms with van der Waals surface area (Å²) in [6.45, 7) is 0. The summed E-state index contributed by atoms with van der Waals surface area (Å²) in [5.74, 6) is 1.69. The molecule has 0 unspecified atom stereocenters. The van der Waals surface area contributed by atoms with Gasteiger partial charge >= 0.3 is 5.63 Å². The van der Waals surface area contributed by atoms with E-state index in [2.05, 4.69) is 0 Å². The van der Waals surface area contributed by atoms with Crippen LogP contribution in [0.15, 0.2) is 51.7 Å². The van der Waals surface area contributed by atoms with Crippen LogP contribution >= 0.6 is 0 Å². The maximum Gasteiger partial charge on any atom is 0.344 e. The van der Waals surface area contributed by atoms with Gasteiger partial charge in [-0.25, -0.2) is 4.79 Å². The van der Waals surface area contributed by atoms with Crippen molar-refractivity contribution in [1.82, 2.24) is 0 Å². The van der Waals surface area contributed by atoms with Gasteiger partial charge < -0.3 is 18.6 Å². The highest BCUT2D eigenvalue weighted by Crippen LogP contribution is 2.34. The lowest BCUT2D eigenvalue weighted by Crippen LogP contribution is -2.04. The van der Waals surface area contributed by atoms with Crippen molar-refractivity contribution >= 4 is 11.0 Å². The zero-order chi connectivity index (χ0) is 16.4.